The van der Waals surface area contributed by atoms with Crippen molar-refractivity contribution in [2.45, 2.75) is 100 Å². The number of hydrogen-bond donors (Lipinski definition) is 2. The monoisotopic (exact) mass is 637 g/mol. The van der Waals surface area contributed by atoms with E-state index in [2.05, 4.69) is 44.6 Å². The molecule has 0 saturated carbocycles. The number of halogens is 3. The van der Waals surface area contributed by atoms with Gasteiger partial charge in [0.2, 0.25) is 12.1 Å². The van der Waals surface area contributed by atoms with Crippen LogP contribution in [0.2, 0.25) is 18.1 Å². The van der Waals surface area contributed by atoms with Crippen LogP contribution in [0.25, 0.3) is 0 Å². The third-order valence-corrected chi connectivity index (χ3v) is 11.3. The van der Waals surface area contributed by atoms with Crippen LogP contribution in [-0.4, -0.2) is 65.9 Å². The van der Waals surface area contributed by atoms with Gasteiger partial charge in [0.05, 0.1) is 0 Å². The SMILES string of the molecule is CC(C)(C)OC(=O)N[C@@H](Cc1cccc(O[Si](C)(C)C(C)(C)C)c1)C(=O)N1CCC[C@@H](C(=O)OCC(Cl)(Cl)Cl)N1. The summed E-state index contributed by atoms with van der Waals surface area (Å²) in [5.74, 6) is -0.364. The van der Waals surface area contributed by atoms with Gasteiger partial charge in [0.25, 0.3) is 5.91 Å². The Kier molecular flexibility index (Phi) is 11.6. The maximum Gasteiger partial charge on any atom is 0.408 e. The summed E-state index contributed by atoms with van der Waals surface area (Å²) in [7, 11) is -2.09. The molecule has 226 valence electrons. The normalized spacial score (nSPS) is 17.6. The van der Waals surface area contributed by atoms with Crippen molar-refractivity contribution in [1.29, 1.82) is 0 Å². The van der Waals surface area contributed by atoms with Crippen LogP contribution in [0.15, 0.2) is 24.3 Å². The van der Waals surface area contributed by atoms with Gasteiger partial charge < -0.3 is 19.2 Å². The number of ether oxygens (including phenoxy) is 2. The highest BCUT2D eigenvalue weighted by atomic mass is 35.6. The van der Waals surface area contributed by atoms with Crippen molar-refractivity contribution in [3.8, 4) is 5.75 Å². The molecular weight excluding hydrogens is 597 g/mol. The quantitative estimate of drug-likeness (QED) is 0.207. The van der Waals surface area contributed by atoms with E-state index >= 15 is 0 Å². The van der Waals surface area contributed by atoms with Crippen molar-refractivity contribution in [3.05, 3.63) is 29.8 Å². The van der Waals surface area contributed by atoms with Gasteiger partial charge in [0.15, 0.2) is 0 Å². The standard InChI is InChI=1S/C27H42Cl3N3O6Si/c1-25(2,3)38-24(36)31-21(16-18-11-9-12-19(15-18)39-40(7,8)26(4,5)6)22(34)33-14-10-13-20(32-33)23(35)37-17-27(28,29)30/h9,11-12,15,20-21,32H,10,13-14,16-17H2,1-8H3,(H,31,36)/t20-,21-/m0/s1. The lowest BCUT2D eigenvalue weighted by atomic mass is 10.0. The molecule has 1 fully saturated rings. The number of carbonyl (C=O) groups excluding carboxylic acids is 3. The number of carbonyl (C=O) groups is 3. The van der Waals surface area contributed by atoms with Crippen LogP contribution < -0.4 is 15.2 Å². The van der Waals surface area contributed by atoms with Gasteiger partial charge >= 0.3 is 12.1 Å². The summed E-state index contributed by atoms with van der Waals surface area (Å²) >= 11 is 17.1. The molecule has 0 aromatic heterocycles. The third kappa shape index (κ3) is 11.3. The zero-order chi connectivity index (χ0) is 30.5. The van der Waals surface area contributed by atoms with Crippen molar-refractivity contribution < 1.29 is 28.3 Å². The largest absolute Gasteiger partial charge is 0.543 e. The highest BCUT2D eigenvalue weighted by molar-refractivity contribution is 6.74. The lowest BCUT2D eigenvalue weighted by molar-refractivity contribution is -0.152. The molecule has 1 aromatic carbocycles. The summed E-state index contributed by atoms with van der Waals surface area (Å²) in [6.45, 7) is 15.9. The number of rotatable bonds is 8. The highest BCUT2D eigenvalue weighted by Gasteiger charge is 2.39. The first kappa shape index (κ1) is 34.5. The molecule has 2 rings (SSSR count). The fourth-order valence-corrected chi connectivity index (χ4v) is 4.81. The molecule has 1 heterocycles. The fraction of sp³-hybridized carbons (Fsp3) is 0.667. The fourth-order valence-electron chi connectivity index (χ4n) is 3.63. The predicted molar refractivity (Wildman–Crippen MR) is 160 cm³/mol. The average Bonchev–Trinajstić information content (AvgIpc) is 2.79. The zero-order valence-electron chi connectivity index (χ0n) is 24.5. The molecule has 1 aliphatic rings. The van der Waals surface area contributed by atoms with E-state index in [0.717, 1.165) is 5.56 Å². The van der Waals surface area contributed by atoms with E-state index in [1.807, 2.05) is 24.3 Å². The van der Waals surface area contributed by atoms with Gasteiger partial charge in [-0.15, -0.1) is 0 Å². The van der Waals surface area contributed by atoms with E-state index < -0.39 is 54.4 Å². The zero-order valence-corrected chi connectivity index (χ0v) is 27.8. The van der Waals surface area contributed by atoms with Gasteiger partial charge in [-0.2, -0.15) is 0 Å². The van der Waals surface area contributed by atoms with Gasteiger partial charge in [-0.25, -0.2) is 10.2 Å². The molecule has 2 N–H and O–H groups in total. The third-order valence-electron chi connectivity index (χ3n) is 6.62. The number of amides is 2. The molecule has 1 aliphatic heterocycles. The summed E-state index contributed by atoms with van der Waals surface area (Å²) in [5.41, 5.74) is 2.94. The average molecular weight is 639 g/mol. The van der Waals surface area contributed by atoms with Crippen LogP contribution in [0.4, 0.5) is 4.79 Å². The smallest absolute Gasteiger partial charge is 0.408 e. The minimum atomic E-state index is -2.09. The Morgan fingerprint density at radius 3 is 2.35 bits per heavy atom. The first-order valence-corrected chi connectivity index (χ1v) is 17.3. The van der Waals surface area contributed by atoms with Crippen molar-refractivity contribution in [3.63, 3.8) is 0 Å². The molecule has 9 nitrogen and oxygen atoms in total. The van der Waals surface area contributed by atoms with E-state index in [9.17, 15) is 14.4 Å². The van der Waals surface area contributed by atoms with Crippen LogP contribution in [0, 0.1) is 0 Å². The van der Waals surface area contributed by atoms with Gasteiger partial charge in [0.1, 0.15) is 30.0 Å². The van der Waals surface area contributed by atoms with E-state index in [0.29, 0.717) is 25.1 Å². The summed E-state index contributed by atoms with van der Waals surface area (Å²) in [6.07, 6.45) is 0.406. The minimum Gasteiger partial charge on any atom is -0.543 e. The number of hydrazine groups is 1. The molecule has 2 atom stereocenters. The molecule has 1 aromatic rings. The van der Waals surface area contributed by atoms with Crippen molar-refractivity contribution in [1.82, 2.24) is 15.8 Å². The molecule has 0 unspecified atom stereocenters. The molecule has 2 amide bonds. The number of hydrogen-bond acceptors (Lipinski definition) is 7. The maximum atomic E-state index is 13.7. The summed E-state index contributed by atoms with van der Waals surface area (Å²) in [4.78, 5) is 38.9. The number of nitrogens with zero attached hydrogens (tertiary/aromatic N) is 1. The Hall–Kier alpha value is -1.72. The minimum absolute atomic E-state index is 0.0101. The first-order chi connectivity index (χ1) is 18.2. The Morgan fingerprint density at radius 2 is 1.77 bits per heavy atom. The molecule has 0 aliphatic carbocycles. The molecular formula is C27H42Cl3N3O6Si. The van der Waals surface area contributed by atoms with Gasteiger partial charge in [-0.1, -0.05) is 67.7 Å². The van der Waals surface area contributed by atoms with E-state index in [-0.39, 0.29) is 11.5 Å². The van der Waals surface area contributed by atoms with E-state index in [4.69, 9.17) is 48.7 Å². The van der Waals surface area contributed by atoms with Crippen LogP contribution in [-0.2, 0) is 25.5 Å². The van der Waals surface area contributed by atoms with Crippen LogP contribution >= 0.6 is 34.8 Å². The summed E-state index contributed by atoms with van der Waals surface area (Å²) in [5, 5.41) is 4.04. The van der Waals surface area contributed by atoms with E-state index in [1.54, 1.807) is 20.8 Å². The second-order valence-electron chi connectivity index (χ2n) is 12.4. The molecule has 40 heavy (non-hydrogen) atoms. The molecule has 1 saturated heterocycles. The Bertz CT molecular complexity index is 1050. The summed E-state index contributed by atoms with van der Waals surface area (Å²) < 4.78 is 15.2. The molecule has 13 heteroatoms. The topological polar surface area (TPSA) is 106 Å². The lowest BCUT2D eigenvalue weighted by Crippen LogP contribution is -2.60. The van der Waals surface area contributed by atoms with Crippen LogP contribution in [0.5, 0.6) is 5.75 Å². The molecule has 0 radical (unpaired) electrons. The Morgan fingerprint density at radius 1 is 1.12 bits per heavy atom. The van der Waals surface area contributed by atoms with Crippen molar-refractivity contribution >= 4 is 61.1 Å². The Balaban J connectivity index is 2.24. The van der Waals surface area contributed by atoms with Crippen LogP contribution in [0.1, 0.15) is 59.9 Å². The van der Waals surface area contributed by atoms with Crippen LogP contribution in [0.3, 0.4) is 0 Å². The highest BCUT2D eigenvalue weighted by Crippen LogP contribution is 2.37. The van der Waals surface area contributed by atoms with Gasteiger partial charge in [-0.05, 0) is 69.4 Å². The second-order valence-corrected chi connectivity index (χ2v) is 19.7. The lowest BCUT2D eigenvalue weighted by Gasteiger charge is -2.36. The Labute approximate surface area is 253 Å². The maximum absolute atomic E-state index is 13.7. The number of benzene rings is 1. The van der Waals surface area contributed by atoms with Gasteiger partial charge in [-0.3, -0.25) is 14.6 Å². The number of alkyl halides is 3. The predicted octanol–water partition coefficient (Wildman–Crippen LogP) is 5.92. The second kappa shape index (κ2) is 13.5. The first-order valence-electron chi connectivity index (χ1n) is 13.3. The summed E-state index contributed by atoms with van der Waals surface area (Å²) in [6, 6.07) is 5.72. The number of alkyl carbamates (subject to hydrolysis) is 1. The van der Waals surface area contributed by atoms with E-state index in [1.165, 1.54) is 5.01 Å². The number of nitrogens with one attached hydrogen (secondary N) is 2. The molecule has 0 spiro atoms. The number of esters is 1. The van der Waals surface area contributed by atoms with Crippen molar-refractivity contribution in [2.75, 3.05) is 13.2 Å². The molecule has 0 bridgehead atoms. The van der Waals surface area contributed by atoms with Gasteiger partial charge in [0, 0.05) is 13.0 Å². The van der Waals surface area contributed by atoms with Crippen molar-refractivity contribution in [2.24, 2.45) is 0 Å².